The summed E-state index contributed by atoms with van der Waals surface area (Å²) in [6.07, 6.45) is 18.2. The zero-order chi connectivity index (χ0) is 43.1. The second kappa shape index (κ2) is 24.6. The molecular formula is C53H76N2O7. The molecule has 4 aromatic rings. The Balaban J connectivity index is 0.000000195. The van der Waals surface area contributed by atoms with Gasteiger partial charge in [-0.3, -0.25) is 19.4 Å². The Morgan fingerprint density at radius 2 is 1.03 bits per heavy atom. The first kappa shape index (κ1) is 48.8. The summed E-state index contributed by atoms with van der Waals surface area (Å²) in [6.45, 7) is 9.35. The summed E-state index contributed by atoms with van der Waals surface area (Å²) in [6, 6.07) is 24.7. The lowest BCUT2D eigenvalue weighted by molar-refractivity contribution is -0.152. The van der Waals surface area contributed by atoms with Crippen molar-refractivity contribution in [1.82, 2.24) is 9.80 Å². The van der Waals surface area contributed by atoms with Crippen LogP contribution in [-0.4, -0.2) is 84.6 Å². The average Bonchev–Trinajstić information content (AvgIpc) is 3.25. The number of unbranched alkanes of at least 4 members (excludes halogenated alkanes) is 2. The number of rotatable bonds is 14. The number of ether oxygens (including phenoxy) is 3. The quantitative estimate of drug-likeness (QED) is 0.120. The van der Waals surface area contributed by atoms with E-state index in [0.29, 0.717) is 6.10 Å². The van der Waals surface area contributed by atoms with E-state index < -0.39 is 0 Å². The number of hydrogen-bond donors (Lipinski definition) is 2. The van der Waals surface area contributed by atoms with Crippen molar-refractivity contribution in [2.45, 2.75) is 136 Å². The molecule has 2 heterocycles. The molecule has 2 saturated heterocycles. The molecule has 0 atom stereocenters. The minimum absolute atomic E-state index is 0. The van der Waals surface area contributed by atoms with E-state index in [0.717, 1.165) is 80.5 Å². The van der Waals surface area contributed by atoms with Gasteiger partial charge in [-0.2, -0.15) is 0 Å². The van der Waals surface area contributed by atoms with Crippen LogP contribution in [0.2, 0.25) is 0 Å². The molecule has 2 aliphatic heterocycles. The standard InChI is InChI=1S/C26H35NO3.C16H17NO3.C10H20O.CH4/c1-3-4-5-19-7-11-24(12-8-19)30-25-13-10-21-14-20(6-9-22(21)15-25)16-27-17-23(18-27)26(28)29-2;1-20-16(19)14-9-17(10-14)8-11-2-3-13-7-15(18)5-4-12(13)6-11;1-2-3-4-9-5-7-10(11)8-6-9;/h6,9-10,13-15,19,23-24H,3-5,7-8,11-12,16-18H2,1-2H3;2-7,14,18H,8-10H2,1H3;9-11H,2-8H2,1H3;1H4. The molecule has 8 rings (SSSR count). The molecule has 2 N–H and O–H groups in total. The van der Waals surface area contributed by atoms with Crippen molar-refractivity contribution in [3.63, 3.8) is 0 Å². The highest BCUT2D eigenvalue weighted by Gasteiger charge is 2.34. The molecule has 62 heavy (non-hydrogen) atoms. The number of nitrogens with zero attached hydrogens (tertiary/aromatic N) is 2. The predicted octanol–water partition coefficient (Wildman–Crippen LogP) is 11.1. The number of carbonyl (C=O) groups is 2. The molecule has 2 saturated carbocycles. The fraction of sp³-hybridized carbons (Fsp3) is 0.585. The summed E-state index contributed by atoms with van der Waals surface area (Å²) < 4.78 is 15.9. The number of esters is 2. The lowest BCUT2D eigenvalue weighted by Gasteiger charge is -2.37. The van der Waals surface area contributed by atoms with Crippen molar-refractivity contribution in [1.29, 1.82) is 0 Å². The Bertz CT molecular complexity index is 1970. The number of fused-ring (bicyclic) bond motifs is 2. The van der Waals surface area contributed by atoms with Gasteiger partial charge in [0, 0.05) is 39.3 Å². The van der Waals surface area contributed by atoms with Crippen LogP contribution in [-0.2, 0) is 32.2 Å². The maximum absolute atomic E-state index is 11.5. The van der Waals surface area contributed by atoms with Gasteiger partial charge in [0.25, 0.3) is 0 Å². The number of benzene rings is 4. The maximum Gasteiger partial charge on any atom is 0.311 e. The number of phenolic OH excluding ortho intramolecular Hbond substituents is 1. The van der Waals surface area contributed by atoms with E-state index >= 15 is 0 Å². The Morgan fingerprint density at radius 3 is 1.52 bits per heavy atom. The SMILES string of the molecule is C.CCCCC1CCC(O)CC1.CCCCC1CCC(Oc2ccc3cc(CN4CC(C(=O)OC)C4)ccc3c2)CC1.COC(=O)C1CN(Cc2ccc3cc(O)ccc3c2)C1. The van der Waals surface area contributed by atoms with E-state index in [2.05, 4.69) is 72.2 Å². The molecule has 4 aromatic carbocycles. The van der Waals surface area contributed by atoms with Crippen LogP contribution >= 0.6 is 0 Å². The summed E-state index contributed by atoms with van der Waals surface area (Å²) in [5.41, 5.74) is 2.50. The minimum atomic E-state index is -0.116. The molecule has 0 unspecified atom stereocenters. The Hall–Kier alpha value is -4.18. The van der Waals surface area contributed by atoms with Crippen LogP contribution in [0, 0.1) is 23.7 Å². The van der Waals surface area contributed by atoms with E-state index in [-0.39, 0.29) is 43.1 Å². The van der Waals surface area contributed by atoms with E-state index in [4.69, 9.17) is 14.2 Å². The van der Waals surface area contributed by atoms with Crippen LogP contribution in [0.3, 0.4) is 0 Å². The smallest absolute Gasteiger partial charge is 0.311 e. The highest BCUT2D eigenvalue weighted by Crippen LogP contribution is 2.33. The van der Waals surface area contributed by atoms with E-state index in [9.17, 15) is 19.8 Å². The van der Waals surface area contributed by atoms with Gasteiger partial charge in [-0.1, -0.05) is 96.2 Å². The van der Waals surface area contributed by atoms with Crippen LogP contribution in [0.15, 0.2) is 72.8 Å². The van der Waals surface area contributed by atoms with Gasteiger partial charge in [0.15, 0.2) is 0 Å². The number of phenols is 1. The van der Waals surface area contributed by atoms with Gasteiger partial charge in [0.1, 0.15) is 11.5 Å². The number of hydrogen-bond acceptors (Lipinski definition) is 9. The summed E-state index contributed by atoms with van der Waals surface area (Å²) in [5.74, 6) is 2.98. The Labute approximate surface area is 372 Å². The van der Waals surface area contributed by atoms with Crippen molar-refractivity contribution in [2.24, 2.45) is 23.7 Å². The van der Waals surface area contributed by atoms with Crippen LogP contribution in [0.1, 0.15) is 122 Å². The normalized spacial score (nSPS) is 21.8. The second-order valence-corrected chi connectivity index (χ2v) is 18.3. The van der Waals surface area contributed by atoms with Gasteiger partial charge >= 0.3 is 11.9 Å². The van der Waals surface area contributed by atoms with E-state index in [1.165, 1.54) is 113 Å². The van der Waals surface area contributed by atoms with Gasteiger partial charge in [0.2, 0.25) is 0 Å². The lowest BCUT2D eigenvalue weighted by Crippen LogP contribution is -2.49. The highest BCUT2D eigenvalue weighted by molar-refractivity contribution is 5.85. The fourth-order valence-electron chi connectivity index (χ4n) is 9.52. The molecule has 0 spiro atoms. The van der Waals surface area contributed by atoms with Gasteiger partial charge < -0.3 is 24.4 Å². The first-order chi connectivity index (χ1) is 29.6. The number of methoxy groups -OCH3 is 2. The predicted molar refractivity (Wildman–Crippen MR) is 251 cm³/mol. The van der Waals surface area contributed by atoms with E-state index in [1.807, 2.05) is 12.1 Å². The maximum atomic E-state index is 11.5. The highest BCUT2D eigenvalue weighted by atomic mass is 16.5. The molecule has 2 aliphatic carbocycles. The summed E-state index contributed by atoms with van der Waals surface area (Å²) >= 11 is 0. The van der Waals surface area contributed by atoms with Gasteiger partial charge in [-0.25, -0.2) is 0 Å². The molecule has 0 radical (unpaired) electrons. The molecule has 4 aliphatic rings. The molecule has 0 amide bonds. The largest absolute Gasteiger partial charge is 0.508 e. The average molecular weight is 853 g/mol. The van der Waals surface area contributed by atoms with Crippen LogP contribution in [0.25, 0.3) is 21.5 Å². The number of aromatic hydroxyl groups is 1. The number of carbonyl (C=O) groups excluding carboxylic acids is 2. The van der Waals surface area contributed by atoms with Gasteiger partial charge in [-0.15, -0.1) is 0 Å². The van der Waals surface area contributed by atoms with Crippen LogP contribution in [0.4, 0.5) is 0 Å². The van der Waals surface area contributed by atoms with Gasteiger partial charge in [-0.05, 0) is 132 Å². The monoisotopic (exact) mass is 853 g/mol. The third-order valence-electron chi connectivity index (χ3n) is 13.4. The van der Waals surface area contributed by atoms with Crippen molar-refractivity contribution in [3.05, 3.63) is 83.9 Å². The van der Waals surface area contributed by atoms with Gasteiger partial charge in [0.05, 0.1) is 38.3 Å². The summed E-state index contributed by atoms with van der Waals surface area (Å²) in [5, 5.41) is 23.3. The van der Waals surface area contributed by atoms with E-state index in [1.54, 1.807) is 12.1 Å². The third kappa shape index (κ3) is 14.4. The Morgan fingerprint density at radius 1 is 0.597 bits per heavy atom. The topological polar surface area (TPSA) is 109 Å². The summed E-state index contributed by atoms with van der Waals surface area (Å²) in [7, 11) is 2.90. The molecular weight excluding hydrogens is 777 g/mol. The van der Waals surface area contributed by atoms with Crippen LogP contribution < -0.4 is 4.74 Å². The third-order valence-corrected chi connectivity index (χ3v) is 13.4. The first-order valence-electron chi connectivity index (χ1n) is 23.3. The first-order valence-corrected chi connectivity index (χ1v) is 23.3. The fourth-order valence-corrected chi connectivity index (χ4v) is 9.52. The number of likely N-dealkylation sites (tertiary alicyclic amines) is 2. The second-order valence-electron chi connectivity index (χ2n) is 18.3. The summed E-state index contributed by atoms with van der Waals surface area (Å²) in [4.78, 5) is 27.4. The molecule has 4 fully saturated rings. The zero-order valence-electron chi connectivity index (χ0n) is 37.4. The molecule has 9 nitrogen and oxygen atoms in total. The zero-order valence-corrected chi connectivity index (χ0v) is 37.4. The molecule has 0 bridgehead atoms. The van der Waals surface area contributed by atoms with Crippen LogP contribution in [0.5, 0.6) is 11.5 Å². The van der Waals surface area contributed by atoms with Crippen molar-refractivity contribution in [3.8, 4) is 11.5 Å². The molecule has 0 aromatic heterocycles. The minimum Gasteiger partial charge on any atom is -0.508 e. The van der Waals surface area contributed by atoms with Crippen molar-refractivity contribution in [2.75, 3.05) is 40.4 Å². The van der Waals surface area contributed by atoms with Crippen molar-refractivity contribution >= 4 is 33.5 Å². The van der Waals surface area contributed by atoms with Crippen molar-refractivity contribution < 1.29 is 34.0 Å². The molecule has 340 valence electrons. The molecule has 9 heteroatoms. The Kier molecular flexibility index (Phi) is 19.4. The number of aliphatic hydroxyl groups excluding tert-OH is 1. The number of aliphatic hydroxyl groups is 1. The lowest BCUT2D eigenvalue weighted by atomic mass is 9.84.